The highest BCUT2D eigenvalue weighted by atomic mass is 35.5. The Balaban J connectivity index is 1.46. The van der Waals surface area contributed by atoms with Gasteiger partial charge in [0.05, 0.1) is 4.90 Å². The van der Waals surface area contributed by atoms with Crippen molar-refractivity contribution >= 4 is 27.4 Å². The fourth-order valence-electron chi connectivity index (χ4n) is 3.18. The summed E-state index contributed by atoms with van der Waals surface area (Å²) in [5.41, 5.74) is 0.576. The highest BCUT2D eigenvalue weighted by molar-refractivity contribution is 7.89. The van der Waals surface area contributed by atoms with Gasteiger partial charge in [0.1, 0.15) is 6.33 Å². The van der Waals surface area contributed by atoms with Crippen molar-refractivity contribution in [2.45, 2.75) is 11.8 Å². The van der Waals surface area contributed by atoms with Crippen molar-refractivity contribution in [2.75, 3.05) is 31.1 Å². The van der Waals surface area contributed by atoms with Crippen LogP contribution in [0.1, 0.15) is 5.56 Å². The lowest BCUT2D eigenvalue weighted by Gasteiger charge is -2.34. The van der Waals surface area contributed by atoms with Gasteiger partial charge in [-0.25, -0.2) is 13.4 Å². The maximum absolute atomic E-state index is 13.0. The predicted octanol–water partition coefficient (Wildman–Crippen LogP) is 2.14. The molecule has 3 heterocycles. The van der Waals surface area contributed by atoms with Gasteiger partial charge in [-0.05, 0) is 36.8 Å². The molecule has 2 aromatic heterocycles. The topological polar surface area (TPSA) is 84.2 Å². The summed E-state index contributed by atoms with van der Waals surface area (Å²) < 4.78 is 29.3. The van der Waals surface area contributed by atoms with E-state index in [1.54, 1.807) is 48.4 Å². The van der Waals surface area contributed by atoms with Crippen LogP contribution in [0.3, 0.4) is 0 Å². The molecule has 1 saturated heterocycles. The molecule has 0 saturated carbocycles. The lowest BCUT2D eigenvalue weighted by Crippen LogP contribution is -2.49. The second kappa shape index (κ2) is 7.50. The molecule has 10 heteroatoms. The van der Waals surface area contributed by atoms with E-state index in [2.05, 4.69) is 15.2 Å². The SMILES string of the molecule is Cc1c(Cl)cccc1S(=O)(=O)N1CCN(c2ccc(-n3ccnc3)nn2)CC1. The quantitative estimate of drug-likeness (QED) is 0.645. The molecule has 0 N–H and O–H groups in total. The van der Waals surface area contributed by atoms with Gasteiger partial charge in [0, 0.05) is 43.6 Å². The van der Waals surface area contributed by atoms with Gasteiger partial charge < -0.3 is 4.90 Å². The standard InChI is InChI=1S/C18H19ClN6O2S/c1-14-15(19)3-2-4-16(14)28(26,27)25-11-9-23(10-12-25)17-5-6-18(22-21-17)24-8-7-20-13-24/h2-8,13H,9-12H2,1H3. The fourth-order valence-corrected chi connectivity index (χ4v) is 5.08. The number of benzene rings is 1. The van der Waals surface area contributed by atoms with Gasteiger partial charge >= 0.3 is 0 Å². The van der Waals surface area contributed by atoms with Crippen molar-refractivity contribution < 1.29 is 8.42 Å². The molecule has 0 spiro atoms. The number of halogens is 1. The minimum absolute atomic E-state index is 0.262. The normalized spacial score (nSPS) is 15.7. The van der Waals surface area contributed by atoms with Crippen molar-refractivity contribution in [3.05, 3.63) is 59.6 Å². The molecule has 8 nitrogen and oxygen atoms in total. The van der Waals surface area contributed by atoms with Gasteiger partial charge in [0.15, 0.2) is 11.6 Å². The minimum atomic E-state index is -3.58. The Bertz CT molecular complexity index is 1060. The van der Waals surface area contributed by atoms with Crippen LogP contribution < -0.4 is 4.90 Å². The van der Waals surface area contributed by atoms with Crippen molar-refractivity contribution in [1.29, 1.82) is 0 Å². The molecule has 1 aliphatic heterocycles. The molecule has 28 heavy (non-hydrogen) atoms. The van der Waals surface area contributed by atoms with Gasteiger partial charge in [-0.1, -0.05) is 17.7 Å². The van der Waals surface area contributed by atoms with Crippen LogP contribution >= 0.6 is 11.6 Å². The van der Waals surface area contributed by atoms with Gasteiger partial charge in [-0.3, -0.25) is 4.57 Å². The number of rotatable bonds is 4. The molecule has 0 radical (unpaired) electrons. The Hall–Kier alpha value is -2.49. The zero-order chi connectivity index (χ0) is 19.7. The first-order valence-electron chi connectivity index (χ1n) is 8.79. The number of anilines is 1. The molecular formula is C18H19ClN6O2S. The van der Waals surface area contributed by atoms with E-state index in [1.807, 2.05) is 17.0 Å². The van der Waals surface area contributed by atoms with E-state index in [0.717, 1.165) is 5.82 Å². The molecule has 146 valence electrons. The highest BCUT2D eigenvalue weighted by Gasteiger charge is 2.30. The van der Waals surface area contributed by atoms with Crippen LogP contribution in [0.15, 0.2) is 53.9 Å². The number of aromatic nitrogens is 4. The Labute approximate surface area is 168 Å². The van der Waals surface area contributed by atoms with E-state index in [9.17, 15) is 8.42 Å². The number of piperazine rings is 1. The fraction of sp³-hybridized carbons (Fsp3) is 0.278. The van der Waals surface area contributed by atoms with E-state index >= 15 is 0 Å². The highest BCUT2D eigenvalue weighted by Crippen LogP contribution is 2.26. The lowest BCUT2D eigenvalue weighted by atomic mass is 10.2. The summed E-state index contributed by atoms with van der Waals surface area (Å²) in [6.45, 7) is 3.55. The zero-order valence-electron chi connectivity index (χ0n) is 15.2. The number of hydrogen-bond donors (Lipinski definition) is 0. The summed E-state index contributed by atoms with van der Waals surface area (Å²) in [7, 11) is -3.58. The molecule has 1 fully saturated rings. The van der Waals surface area contributed by atoms with Crippen molar-refractivity contribution in [2.24, 2.45) is 0 Å². The monoisotopic (exact) mass is 418 g/mol. The number of nitrogens with zero attached hydrogens (tertiary/aromatic N) is 6. The van der Waals surface area contributed by atoms with Crippen LogP contribution in [0.2, 0.25) is 5.02 Å². The van der Waals surface area contributed by atoms with Gasteiger partial charge in [-0.2, -0.15) is 4.31 Å². The smallest absolute Gasteiger partial charge is 0.243 e. The maximum Gasteiger partial charge on any atom is 0.243 e. The van der Waals surface area contributed by atoms with E-state index in [-0.39, 0.29) is 4.90 Å². The van der Waals surface area contributed by atoms with Crippen LogP contribution in [0.4, 0.5) is 5.82 Å². The van der Waals surface area contributed by atoms with Crippen LogP contribution in [0.5, 0.6) is 0 Å². The molecule has 4 rings (SSSR count). The summed E-state index contributed by atoms with van der Waals surface area (Å²) >= 11 is 6.10. The van der Waals surface area contributed by atoms with E-state index in [4.69, 9.17) is 11.6 Å². The van der Waals surface area contributed by atoms with Crippen LogP contribution in [0.25, 0.3) is 5.82 Å². The predicted molar refractivity (Wildman–Crippen MR) is 106 cm³/mol. The van der Waals surface area contributed by atoms with Crippen LogP contribution in [-0.2, 0) is 10.0 Å². The summed E-state index contributed by atoms with van der Waals surface area (Å²) in [4.78, 5) is 6.28. The first-order valence-corrected chi connectivity index (χ1v) is 10.6. The second-order valence-electron chi connectivity index (χ2n) is 6.47. The molecule has 0 bridgehead atoms. The number of hydrogen-bond acceptors (Lipinski definition) is 6. The van der Waals surface area contributed by atoms with Gasteiger partial charge in [-0.15, -0.1) is 10.2 Å². The molecule has 0 unspecified atom stereocenters. The molecule has 0 atom stereocenters. The summed E-state index contributed by atoms with van der Waals surface area (Å²) in [6.07, 6.45) is 5.13. The Morgan fingerprint density at radius 1 is 1.00 bits per heavy atom. The molecule has 1 aliphatic rings. The average molecular weight is 419 g/mol. The minimum Gasteiger partial charge on any atom is -0.352 e. The third kappa shape index (κ3) is 3.48. The van der Waals surface area contributed by atoms with Crippen molar-refractivity contribution in [3.8, 4) is 5.82 Å². The van der Waals surface area contributed by atoms with E-state index in [0.29, 0.717) is 42.6 Å². The molecule has 0 amide bonds. The third-order valence-corrected chi connectivity index (χ3v) is 7.26. The average Bonchev–Trinajstić information content (AvgIpc) is 3.25. The van der Waals surface area contributed by atoms with Crippen molar-refractivity contribution in [3.63, 3.8) is 0 Å². The Morgan fingerprint density at radius 2 is 1.71 bits per heavy atom. The molecule has 1 aromatic carbocycles. The first-order chi connectivity index (χ1) is 13.5. The summed E-state index contributed by atoms with van der Waals surface area (Å²) in [6, 6.07) is 8.70. The summed E-state index contributed by atoms with van der Waals surface area (Å²) in [5, 5.41) is 8.94. The number of imidazole rings is 1. The first kappa shape index (κ1) is 18.9. The number of sulfonamides is 1. The van der Waals surface area contributed by atoms with E-state index < -0.39 is 10.0 Å². The third-order valence-electron chi connectivity index (χ3n) is 4.80. The molecular weight excluding hydrogens is 400 g/mol. The molecule has 3 aromatic rings. The maximum atomic E-state index is 13.0. The van der Waals surface area contributed by atoms with Crippen LogP contribution in [0, 0.1) is 6.92 Å². The van der Waals surface area contributed by atoms with Gasteiger partial charge in [0.25, 0.3) is 0 Å². The zero-order valence-corrected chi connectivity index (χ0v) is 16.8. The largest absolute Gasteiger partial charge is 0.352 e. The Morgan fingerprint density at radius 3 is 2.36 bits per heavy atom. The van der Waals surface area contributed by atoms with Gasteiger partial charge in [0.2, 0.25) is 10.0 Å². The lowest BCUT2D eigenvalue weighted by molar-refractivity contribution is 0.383. The van der Waals surface area contributed by atoms with Crippen LogP contribution in [-0.4, -0.2) is 58.7 Å². The van der Waals surface area contributed by atoms with E-state index in [1.165, 1.54) is 4.31 Å². The van der Waals surface area contributed by atoms with Crippen molar-refractivity contribution in [1.82, 2.24) is 24.1 Å². The molecule has 0 aliphatic carbocycles. The summed E-state index contributed by atoms with van der Waals surface area (Å²) in [5.74, 6) is 1.40. The Kier molecular flexibility index (Phi) is 5.05. The second-order valence-corrected chi connectivity index (χ2v) is 8.79.